The quantitative estimate of drug-likeness (QED) is 0.812. The van der Waals surface area contributed by atoms with Gasteiger partial charge in [0, 0.05) is 45.2 Å². The van der Waals surface area contributed by atoms with E-state index in [1.807, 2.05) is 31.0 Å². The summed E-state index contributed by atoms with van der Waals surface area (Å²) in [5, 5.41) is 12.8. The first kappa shape index (κ1) is 17.2. The summed E-state index contributed by atoms with van der Waals surface area (Å²) < 4.78 is 1.79. The number of amides is 1. The standard InChI is InChI=1S/C18H27N7O/c1-13-19-20-16-8-9-17(21-25(13)16)24-11-15(12-24)22(2)10-14-6-4-5-7-18(26)23(14)3/h8-9,14-15H,4-7,10-12H2,1-3H3. The summed E-state index contributed by atoms with van der Waals surface area (Å²) in [6, 6.07) is 4.81. The van der Waals surface area contributed by atoms with Crippen LogP contribution in [0.25, 0.3) is 5.65 Å². The minimum Gasteiger partial charge on any atom is -0.352 e. The van der Waals surface area contributed by atoms with Crippen molar-refractivity contribution in [3.05, 3.63) is 18.0 Å². The van der Waals surface area contributed by atoms with Gasteiger partial charge in [-0.05, 0) is 38.9 Å². The monoisotopic (exact) mass is 357 g/mol. The molecule has 0 bridgehead atoms. The molecule has 0 saturated carbocycles. The zero-order chi connectivity index (χ0) is 18.3. The third-order valence-electron chi connectivity index (χ3n) is 5.83. The molecule has 4 heterocycles. The summed E-state index contributed by atoms with van der Waals surface area (Å²) in [7, 11) is 4.13. The van der Waals surface area contributed by atoms with Gasteiger partial charge in [0.2, 0.25) is 5.91 Å². The molecule has 1 unspecified atom stereocenters. The third-order valence-corrected chi connectivity index (χ3v) is 5.83. The lowest BCUT2D eigenvalue weighted by Crippen LogP contribution is -2.60. The van der Waals surface area contributed by atoms with Gasteiger partial charge in [0.05, 0.1) is 0 Å². The Morgan fingerprint density at radius 2 is 2.04 bits per heavy atom. The largest absolute Gasteiger partial charge is 0.352 e. The lowest BCUT2D eigenvalue weighted by molar-refractivity contribution is -0.131. The number of carbonyl (C=O) groups is 1. The second kappa shape index (κ2) is 6.83. The van der Waals surface area contributed by atoms with Gasteiger partial charge in [-0.1, -0.05) is 6.42 Å². The van der Waals surface area contributed by atoms with Crippen molar-refractivity contribution in [1.29, 1.82) is 0 Å². The maximum absolute atomic E-state index is 12.1. The molecule has 2 aromatic rings. The van der Waals surface area contributed by atoms with E-state index in [0.717, 1.165) is 56.2 Å². The average Bonchev–Trinajstić information content (AvgIpc) is 2.88. The van der Waals surface area contributed by atoms with Gasteiger partial charge in [0.25, 0.3) is 0 Å². The Labute approximate surface area is 153 Å². The Balaban J connectivity index is 1.36. The van der Waals surface area contributed by atoms with E-state index in [1.165, 1.54) is 0 Å². The summed E-state index contributed by atoms with van der Waals surface area (Å²) in [5.41, 5.74) is 0.779. The highest BCUT2D eigenvalue weighted by Crippen LogP contribution is 2.23. The Kier molecular flexibility index (Phi) is 4.52. The van der Waals surface area contributed by atoms with Gasteiger partial charge in [-0.3, -0.25) is 9.69 Å². The van der Waals surface area contributed by atoms with Crippen LogP contribution in [0.3, 0.4) is 0 Å². The summed E-state index contributed by atoms with van der Waals surface area (Å²) in [6.07, 6.45) is 3.98. The van der Waals surface area contributed by atoms with Crippen molar-refractivity contribution >= 4 is 17.4 Å². The van der Waals surface area contributed by atoms with Crippen LogP contribution >= 0.6 is 0 Å². The molecule has 2 fully saturated rings. The van der Waals surface area contributed by atoms with E-state index in [0.29, 0.717) is 18.5 Å². The molecular weight excluding hydrogens is 330 g/mol. The van der Waals surface area contributed by atoms with Gasteiger partial charge < -0.3 is 9.80 Å². The number of fused-ring (bicyclic) bond motifs is 1. The van der Waals surface area contributed by atoms with E-state index in [2.05, 4.69) is 32.1 Å². The second-order valence-electron chi connectivity index (χ2n) is 7.61. The van der Waals surface area contributed by atoms with E-state index < -0.39 is 0 Å². The van der Waals surface area contributed by atoms with Crippen molar-refractivity contribution in [3.8, 4) is 0 Å². The van der Waals surface area contributed by atoms with E-state index in [-0.39, 0.29) is 5.91 Å². The molecule has 2 aliphatic rings. The van der Waals surface area contributed by atoms with Crippen molar-refractivity contribution in [1.82, 2.24) is 29.6 Å². The first-order chi connectivity index (χ1) is 12.5. The molecular formula is C18H27N7O. The lowest BCUT2D eigenvalue weighted by atomic mass is 10.0. The van der Waals surface area contributed by atoms with Crippen LogP contribution in [0.4, 0.5) is 5.82 Å². The molecule has 1 amide bonds. The molecule has 0 spiro atoms. The highest BCUT2D eigenvalue weighted by Gasteiger charge is 2.33. The molecule has 26 heavy (non-hydrogen) atoms. The third kappa shape index (κ3) is 3.13. The highest BCUT2D eigenvalue weighted by molar-refractivity contribution is 5.76. The van der Waals surface area contributed by atoms with E-state index in [4.69, 9.17) is 0 Å². The first-order valence-electron chi connectivity index (χ1n) is 9.43. The van der Waals surface area contributed by atoms with Crippen LogP contribution in [-0.2, 0) is 4.79 Å². The molecule has 2 aromatic heterocycles. The molecule has 140 valence electrons. The SMILES string of the molecule is Cc1nnc2ccc(N3CC(N(C)CC4CCCCC(=O)N4C)C3)nn12. The maximum Gasteiger partial charge on any atom is 0.222 e. The highest BCUT2D eigenvalue weighted by atomic mass is 16.2. The van der Waals surface area contributed by atoms with Gasteiger partial charge in [0.15, 0.2) is 11.5 Å². The number of anilines is 1. The topological polar surface area (TPSA) is 69.9 Å². The number of hydrogen-bond donors (Lipinski definition) is 0. The Morgan fingerprint density at radius 3 is 2.85 bits per heavy atom. The molecule has 0 radical (unpaired) electrons. The fraction of sp³-hybridized carbons (Fsp3) is 0.667. The average molecular weight is 357 g/mol. The number of likely N-dealkylation sites (N-methyl/N-ethyl adjacent to an activating group) is 2. The van der Waals surface area contributed by atoms with Gasteiger partial charge in [-0.15, -0.1) is 15.3 Å². The minimum atomic E-state index is 0.290. The molecule has 0 N–H and O–H groups in total. The summed E-state index contributed by atoms with van der Waals surface area (Å²) in [5.74, 6) is 2.06. The van der Waals surface area contributed by atoms with Crippen LogP contribution in [0, 0.1) is 6.92 Å². The molecule has 8 nitrogen and oxygen atoms in total. The normalized spacial score (nSPS) is 22.2. The number of likely N-dealkylation sites (tertiary alicyclic amines) is 1. The predicted molar refractivity (Wildman–Crippen MR) is 99.2 cm³/mol. The summed E-state index contributed by atoms with van der Waals surface area (Å²) in [6.45, 7) is 4.77. The predicted octanol–water partition coefficient (Wildman–Crippen LogP) is 0.954. The van der Waals surface area contributed by atoms with Crippen LogP contribution < -0.4 is 4.90 Å². The van der Waals surface area contributed by atoms with Gasteiger partial charge in [-0.25, -0.2) is 0 Å². The number of aromatic nitrogens is 4. The zero-order valence-corrected chi connectivity index (χ0v) is 15.8. The van der Waals surface area contributed by atoms with Crippen molar-refractivity contribution in [2.45, 2.75) is 44.7 Å². The number of rotatable bonds is 4. The van der Waals surface area contributed by atoms with E-state index in [1.54, 1.807) is 4.52 Å². The van der Waals surface area contributed by atoms with E-state index >= 15 is 0 Å². The fourth-order valence-corrected chi connectivity index (χ4v) is 3.90. The van der Waals surface area contributed by atoms with Crippen LogP contribution in [0.15, 0.2) is 12.1 Å². The molecule has 0 aliphatic carbocycles. The molecule has 4 rings (SSSR count). The first-order valence-corrected chi connectivity index (χ1v) is 9.43. The fourth-order valence-electron chi connectivity index (χ4n) is 3.90. The van der Waals surface area contributed by atoms with Crippen molar-refractivity contribution in [3.63, 3.8) is 0 Å². The van der Waals surface area contributed by atoms with Crippen molar-refractivity contribution < 1.29 is 4.79 Å². The van der Waals surface area contributed by atoms with Crippen LogP contribution in [-0.4, -0.2) is 81.3 Å². The van der Waals surface area contributed by atoms with Crippen LogP contribution in [0.5, 0.6) is 0 Å². The molecule has 8 heteroatoms. The summed E-state index contributed by atoms with van der Waals surface area (Å²) >= 11 is 0. The van der Waals surface area contributed by atoms with Crippen molar-refractivity contribution in [2.75, 3.05) is 38.6 Å². The molecule has 2 saturated heterocycles. The number of carbonyl (C=O) groups excluding carboxylic acids is 1. The summed E-state index contributed by atoms with van der Waals surface area (Å²) in [4.78, 5) is 18.7. The van der Waals surface area contributed by atoms with E-state index in [9.17, 15) is 4.79 Å². The van der Waals surface area contributed by atoms with Crippen LogP contribution in [0.1, 0.15) is 31.5 Å². The second-order valence-corrected chi connectivity index (χ2v) is 7.61. The van der Waals surface area contributed by atoms with Gasteiger partial charge in [0.1, 0.15) is 5.82 Å². The van der Waals surface area contributed by atoms with Gasteiger partial charge >= 0.3 is 0 Å². The minimum absolute atomic E-state index is 0.290. The lowest BCUT2D eigenvalue weighted by Gasteiger charge is -2.46. The molecule has 0 aromatic carbocycles. The Hall–Kier alpha value is -2.22. The number of nitrogens with zero attached hydrogens (tertiary/aromatic N) is 7. The smallest absolute Gasteiger partial charge is 0.222 e. The van der Waals surface area contributed by atoms with Crippen molar-refractivity contribution in [2.24, 2.45) is 0 Å². The maximum atomic E-state index is 12.1. The van der Waals surface area contributed by atoms with Crippen LogP contribution in [0.2, 0.25) is 0 Å². The zero-order valence-electron chi connectivity index (χ0n) is 15.8. The Bertz CT molecular complexity index is 798. The number of aryl methyl sites for hydroxylation is 1. The molecule has 2 aliphatic heterocycles. The van der Waals surface area contributed by atoms with Gasteiger partial charge in [-0.2, -0.15) is 4.52 Å². The number of hydrogen-bond acceptors (Lipinski definition) is 6. The Morgan fingerprint density at radius 1 is 1.23 bits per heavy atom. The molecule has 1 atom stereocenters.